The Morgan fingerprint density at radius 1 is 1.03 bits per heavy atom. The van der Waals surface area contributed by atoms with Gasteiger partial charge in [-0.2, -0.15) is 0 Å². The summed E-state index contributed by atoms with van der Waals surface area (Å²) in [5, 5.41) is 2.87. The number of sulfonamides is 1. The molecule has 7 nitrogen and oxygen atoms in total. The number of benzene rings is 3. The molecule has 0 radical (unpaired) electrons. The van der Waals surface area contributed by atoms with Crippen LogP contribution in [0.15, 0.2) is 72.8 Å². The van der Waals surface area contributed by atoms with Gasteiger partial charge in [0.1, 0.15) is 12.7 Å². The molecule has 172 valence electrons. The van der Waals surface area contributed by atoms with Crippen LogP contribution in [0.1, 0.15) is 21.5 Å². The summed E-state index contributed by atoms with van der Waals surface area (Å²) in [6.07, 6.45) is 0.910. The molecule has 3 aromatic rings. The van der Waals surface area contributed by atoms with E-state index < -0.39 is 10.0 Å². The van der Waals surface area contributed by atoms with Gasteiger partial charge in [-0.1, -0.05) is 36.4 Å². The number of hydrogen-bond acceptors (Lipinski definition) is 5. The summed E-state index contributed by atoms with van der Waals surface area (Å²) in [7, 11) is -3.47. The number of para-hydroxylation sites is 2. The van der Waals surface area contributed by atoms with Gasteiger partial charge < -0.3 is 14.8 Å². The number of carbonyl (C=O) groups is 1. The van der Waals surface area contributed by atoms with Gasteiger partial charge in [0.05, 0.1) is 25.0 Å². The van der Waals surface area contributed by atoms with Crippen LogP contribution < -0.4 is 19.1 Å². The highest BCUT2D eigenvalue weighted by atomic mass is 32.2. The third-order valence-electron chi connectivity index (χ3n) is 5.29. The Kier molecular flexibility index (Phi) is 6.55. The summed E-state index contributed by atoms with van der Waals surface area (Å²) >= 11 is 0. The summed E-state index contributed by atoms with van der Waals surface area (Å²) in [5.74, 6) is 1.13. The largest absolute Gasteiger partial charge is 0.486 e. The van der Waals surface area contributed by atoms with E-state index in [1.54, 1.807) is 30.3 Å². The topological polar surface area (TPSA) is 84.9 Å². The van der Waals surface area contributed by atoms with E-state index in [4.69, 9.17) is 9.47 Å². The van der Waals surface area contributed by atoms with Gasteiger partial charge in [-0.25, -0.2) is 8.42 Å². The first-order chi connectivity index (χ1) is 15.8. The van der Waals surface area contributed by atoms with E-state index in [1.165, 1.54) is 10.6 Å². The number of nitrogens with zero attached hydrogens (tertiary/aromatic N) is 1. The van der Waals surface area contributed by atoms with Crippen LogP contribution in [-0.2, 0) is 16.6 Å². The minimum atomic E-state index is -3.47. The van der Waals surface area contributed by atoms with Gasteiger partial charge >= 0.3 is 0 Å². The molecule has 0 aromatic heterocycles. The summed E-state index contributed by atoms with van der Waals surface area (Å²) in [5.41, 5.74) is 2.84. The van der Waals surface area contributed by atoms with Crippen LogP contribution in [0.2, 0.25) is 0 Å². The zero-order valence-electron chi connectivity index (χ0n) is 18.5. The molecule has 3 aromatic carbocycles. The number of hydrogen-bond donors (Lipinski definition) is 1. The maximum Gasteiger partial charge on any atom is 0.251 e. The Morgan fingerprint density at radius 3 is 2.45 bits per heavy atom. The number of anilines is 1. The fourth-order valence-corrected chi connectivity index (χ4v) is 4.46. The molecule has 1 heterocycles. The Bertz CT molecular complexity index is 1240. The first kappa shape index (κ1) is 22.7. The molecule has 1 aliphatic rings. The fourth-order valence-electron chi connectivity index (χ4n) is 3.58. The number of rotatable bonds is 7. The molecule has 1 atom stereocenters. The first-order valence-electron chi connectivity index (χ1n) is 10.6. The van der Waals surface area contributed by atoms with Crippen LogP contribution >= 0.6 is 0 Å². The third-order valence-corrected chi connectivity index (χ3v) is 6.43. The van der Waals surface area contributed by atoms with Crippen LogP contribution in [0.25, 0.3) is 0 Å². The van der Waals surface area contributed by atoms with Gasteiger partial charge in [0.15, 0.2) is 11.5 Å². The van der Waals surface area contributed by atoms with Gasteiger partial charge in [0.2, 0.25) is 10.0 Å². The smallest absolute Gasteiger partial charge is 0.251 e. The zero-order valence-corrected chi connectivity index (χ0v) is 19.3. The monoisotopic (exact) mass is 466 g/mol. The molecule has 0 fully saturated rings. The third kappa shape index (κ3) is 5.64. The predicted molar refractivity (Wildman–Crippen MR) is 127 cm³/mol. The quantitative estimate of drug-likeness (QED) is 0.576. The standard InChI is InChI=1S/C25H26N2O5S/c1-18-6-5-7-21(14-18)27(33(2,29)30)16-19-10-12-20(13-11-19)25(28)26-15-22-17-31-23-8-3-4-9-24(23)32-22/h3-14,22H,15-17H2,1-2H3,(H,26,28). The lowest BCUT2D eigenvalue weighted by atomic mass is 10.1. The average molecular weight is 467 g/mol. The Hall–Kier alpha value is -3.52. The van der Waals surface area contributed by atoms with E-state index in [0.717, 1.165) is 11.1 Å². The van der Waals surface area contributed by atoms with Crippen molar-refractivity contribution in [1.82, 2.24) is 5.32 Å². The van der Waals surface area contributed by atoms with Crippen molar-refractivity contribution in [3.63, 3.8) is 0 Å². The molecule has 4 rings (SSSR count). The Morgan fingerprint density at radius 2 is 1.76 bits per heavy atom. The van der Waals surface area contributed by atoms with Crippen molar-refractivity contribution in [3.8, 4) is 11.5 Å². The minimum absolute atomic E-state index is 0.177. The molecule has 0 saturated heterocycles. The van der Waals surface area contributed by atoms with E-state index >= 15 is 0 Å². The summed E-state index contributed by atoms with van der Waals surface area (Å²) in [6.45, 7) is 2.76. The fraction of sp³-hybridized carbons (Fsp3) is 0.240. The van der Waals surface area contributed by atoms with Crippen molar-refractivity contribution in [2.24, 2.45) is 0 Å². The van der Waals surface area contributed by atoms with E-state index in [2.05, 4.69) is 5.32 Å². The van der Waals surface area contributed by atoms with Gasteiger partial charge in [-0.15, -0.1) is 0 Å². The van der Waals surface area contributed by atoms with Crippen LogP contribution in [0.5, 0.6) is 11.5 Å². The van der Waals surface area contributed by atoms with E-state index in [0.29, 0.717) is 35.9 Å². The van der Waals surface area contributed by atoms with Gasteiger partial charge in [0, 0.05) is 5.56 Å². The van der Waals surface area contributed by atoms with Gasteiger partial charge in [0.25, 0.3) is 5.91 Å². The predicted octanol–water partition coefficient (Wildman–Crippen LogP) is 3.53. The Balaban J connectivity index is 1.38. The van der Waals surface area contributed by atoms with Crippen molar-refractivity contribution in [3.05, 3.63) is 89.5 Å². The normalized spacial score (nSPS) is 15.0. The first-order valence-corrected chi connectivity index (χ1v) is 12.4. The molecule has 0 bridgehead atoms. The van der Waals surface area contributed by atoms with Crippen LogP contribution in [0, 0.1) is 6.92 Å². The summed E-state index contributed by atoms with van der Waals surface area (Å²) < 4.78 is 37.6. The van der Waals surface area contributed by atoms with Gasteiger partial charge in [-0.3, -0.25) is 9.10 Å². The summed E-state index contributed by atoms with van der Waals surface area (Å²) in [6, 6.07) is 21.7. The van der Waals surface area contributed by atoms with E-state index in [-0.39, 0.29) is 18.6 Å². The highest BCUT2D eigenvalue weighted by molar-refractivity contribution is 7.92. The minimum Gasteiger partial charge on any atom is -0.486 e. The lowest BCUT2D eigenvalue weighted by Gasteiger charge is -2.26. The molecular formula is C25H26N2O5S. The molecule has 33 heavy (non-hydrogen) atoms. The van der Waals surface area contributed by atoms with Gasteiger partial charge in [-0.05, 0) is 54.4 Å². The van der Waals surface area contributed by atoms with E-state index in [1.807, 2.05) is 49.4 Å². The van der Waals surface area contributed by atoms with Crippen LogP contribution in [0.4, 0.5) is 5.69 Å². The SMILES string of the molecule is Cc1cccc(N(Cc2ccc(C(=O)NCC3COc4ccccc4O3)cc2)S(C)(=O)=O)c1. The second-order valence-electron chi connectivity index (χ2n) is 8.01. The Labute approximate surface area is 194 Å². The lowest BCUT2D eigenvalue weighted by Crippen LogP contribution is -2.40. The molecular weight excluding hydrogens is 440 g/mol. The molecule has 1 N–H and O–H groups in total. The molecule has 8 heteroatoms. The van der Waals surface area contributed by atoms with Crippen molar-refractivity contribution >= 4 is 21.6 Å². The highest BCUT2D eigenvalue weighted by Crippen LogP contribution is 2.30. The number of aryl methyl sites for hydroxylation is 1. The number of nitrogens with one attached hydrogen (secondary N) is 1. The highest BCUT2D eigenvalue weighted by Gasteiger charge is 2.22. The average Bonchev–Trinajstić information content (AvgIpc) is 2.80. The molecule has 1 aliphatic heterocycles. The summed E-state index contributed by atoms with van der Waals surface area (Å²) in [4.78, 5) is 12.6. The number of ether oxygens (including phenoxy) is 2. The van der Waals surface area contributed by atoms with Crippen molar-refractivity contribution in [2.75, 3.05) is 23.7 Å². The van der Waals surface area contributed by atoms with Crippen molar-refractivity contribution in [2.45, 2.75) is 19.6 Å². The molecule has 0 saturated carbocycles. The van der Waals surface area contributed by atoms with Crippen molar-refractivity contribution in [1.29, 1.82) is 0 Å². The molecule has 0 spiro atoms. The number of amides is 1. The second kappa shape index (κ2) is 9.54. The van der Waals surface area contributed by atoms with Crippen molar-refractivity contribution < 1.29 is 22.7 Å². The molecule has 1 unspecified atom stereocenters. The number of carbonyl (C=O) groups excluding carboxylic acids is 1. The molecule has 0 aliphatic carbocycles. The zero-order chi connectivity index (χ0) is 23.4. The molecule has 1 amide bonds. The second-order valence-corrected chi connectivity index (χ2v) is 9.92. The maximum absolute atomic E-state index is 12.6. The number of fused-ring (bicyclic) bond motifs is 1. The van der Waals surface area contributed by atoms with Crippen LogP contribution in [0.3, 0.4) is 0 Å². The lowest BCUT2D eigenvalue weighted by molar-refractivity contribution is 0.0789. The maximum atomic E-state index is 12.6. The van der Waals surface area contributed by atoms with Crippen LogP contribution in [-0.4, -0.2) is 39.8 Å². The van der Waals surface area contributed by atoms with E-state index in [9.17, 15) is 13.2 Å².